The monoisotopic (exact) mass is 195 g/mol. The van der Waals surface area contributed by atoms with E-state index in [4.69, 9.17) is 0 Å². The standard InChI is InChI=1S/C11H7N4/c1-2-4-9-8(3-1)11(15-14-9)10-7-12-5-6-13-10/h1-6H,(H,14,15). The predicted octanol–water partition coefficient (Wildman–Crippen LogP) is 1.82. The minimum atomic E-state index is 0.662. The highest BCUT2D eigenvalue weighted by Crippen LogP contribution is 2.22. The number of H-pyrrole nitrogens is 1. The fourth-order valence-electron chi connectivity index (χ4n) is 1.53. The van der Waals surface area contributed by atoms with Crippen molar-refractivity contribution in [2.45, 2.75) is 0 Å². The van der Waals surface area contributed by atoms with Gasteiger partial charge in [-0.25, -0.2) is 0 Å². The Morgan fingerprint density at radius 3 is 2.93 bits per heavy atom. The summed E-state index contributed by atoms with van der Waals surface area (Å²) < 4.78 is 0. The highest BCUT2D eigenvalue weighted by Gasteiger charge is 2.08. The maximum Gasteiger partial charge on any atom is 0.121 e. The Kier molecular flexibility index (Phi) is 1.71. The molecule has 0 saturated carbocycles. The van der Waals surface area contributed by atoms with Crippen LogP contribution in [0.3, 0.4) is 0 Å². The molecular formula is C11H7N4. The molecule has 2 heterocycles. The van der Waals surface area contributed by atoms with Gasteiger partial charge in [-0.3, -0.25) is 15.1 Å². The van der Waals surface area contributed by atoms with Crippen LogP contribution >= 0.6 is 0 Å². The molecule has 0 bridgehead atoms. The van der Waals surface area contributed by atoms with Crippen molar-refractivity contribution in [2.24, 2.45) is 0 Å². The van der Waals surface area contributed by atoms with Gasteiger partial charge in [-0.15, -0.1) is 0 Å². The van der Waals surface area contributed by atoms with Crippen molar-refractivity contribution in [2.75, 3.05) is 0 Å². The fraction of sp³-hybridized carbons (Fsp3) is 0. The molecular weight excluding hydrogens is 188 g/mol. The zero-order valence-electron chi connectivity index (χ0n) is 7.81. The third-order valence-electron chi connectivity index (χ3n) is 2.21. The smallest absolute Gasteiger partial charge is 0.121 e. The largest absolute Gasteiger partial charge is 0.277 e. The first-order valence-electron chi connectivity index (χ1n) is 4.57. The maximum absolute atomic E-state index is 4.21. The first kappa shape index (κ1) is 8.11. The van der Waals surface area contributed by atoms with Crippen molar-refractivity contribution < 1.29 is 0 Å². The molecule has 0 aliphatic carbocycles. The zero-order chi connectivity index (χ0) is 10.1. The van der Waals surface area contributed by atoms with Gasteiger partial charge >= 0.3 is 0 Å². The number of benzene rings is 1. The minimum absolute atomic E-state index is 0.662. The summed E-state index contributed by atoms with van der Waals surface area (Å²) in [5.41, 5.74) is 2.44. The van der Waals surface area contributed by atoms with Crippen molar-refractivity contribution in [3.8, 4) is 11.4 Å². The Labute approximate surface area is 86.0 Å². The van der Waals surface area contributed by atoms with Crippen LogP contribution in [0.1, 0.15) is 0 Å². The van der Waals surface area contributed by atoms with Crippen LogP contribution in [0.25, 0.3) is 22.3 Å². The van der Waals surface area contributed by atoms with Crippen LogP contribution in [0, 0.1) is 6.20 Å². The van der Waals surface area contributed by atoms with Gasteiger partial charge in [-0.1, -0.05) is 18.2 Å². The van der Waals surface area contributed by atoms with Crippen LogP contribution in [0.15, 0.2) is 36.7 Å². The fourth-order valence-corrected chi connectivity index (χ4v) is 1.53. The van der Waals surface area contributed by atoms with E-state index in [1.54, 1.807) is 12.4 Å². The second kappa shape index (κ2) is 3.16. The van der Waals surface area contributed by atoms with Crippen molar-refractivity contribution in [1.29, 1.82) is 0 Å². The number of para-hydroxylation sites is 1. The van der Waals surface area contributed by atoms with Gasteiger partial charge in [0.1, 0.15) is 17.6 Å². The summed E-state index contributed by atoms with van der Waals surface area (Å²) in [5.74, 6) is 0. The van der Waals surface area contributed by atoms with Gasteiger partial charge in [0, 0.05) is 17.8 Å². The molecule has 4 heteroatoms. The summed E-state index contributed by atoms with van der Waals surface area (Å²) >= 11 is 0. The lowest BCUT2D eigenvalue weighted by Gasteiger charge is -1.93. The molecule has 3 aromatic rings. The molecule has 0 saturated heterocycles. The van der Waals surface area contributed by atoms with Crippen molar-refractivity contribution in [1.82, 2.24) is 20.2 Å². The summed E-state index contributed by atoms with van der Waals surface area (Å²) in [6.07, 6.45) is 6.05. The summed E-state index contributed by atoms with van der Waals surface area (Å²) in [4.78, 5) is 8.08. The highest BCUT2D eigenvalue weighted by atomic mass is 15.1. The number of rotatable bonds is 1. The van der Waals surface area contributed by atoms with Crippen molar-refractivity contribution >= 4 is 10.9 Å². The van der Waals surface area contributed by atoms with Crippen LogP contribution < -0.4 is 0 Å². The van der Waals surface area contributed by atoms with Gasteiger partial charge in [0.25, 0.3) is 0 Å². The average molecular weight is 195 g/mol. The predicted molar refractivity (Wildman–Crippen MR) is 56.0 cm³/mol. The van der Waals surface area contributed by atoms with E-state index in [2.05, 4.69) is 26.4 Å². The molecule has 0 fully saturated rings. The van der Waals surface area contributed by atoms with E-state index in [-0.39, 0.29) is 0 Å². The lowest BCUT2D eigenvalue weighted by atomic mass is 10.2. The zero-order valence-corrected chi connectivity index (χ0v) is 7.81. The Balaban J connectivity index is 2.28. The van der Waals surface area contributed by atoms with Gasteiger partial charge in [0.05, 0.1) is 5.52 Å². The molecule has 0 spiro atoms. The second-order valence-corrected chi connectivity index (χ2v) is 3.13. The van der Waals surface area contributed by atoms with Gasteiger partial charge in [0.2, 0.25) is 0 Å². The normalized spacial score (nSPS) is 10.7. The number of nitrogens with one attached hydrogen (secondary N) is 1. The molecule has 2 aromatic heterocycles. The third-order valence-corrected chi connectivity index (χ3v) is 2.21. The minimum Gasteiger partial charge on any atom is -0.277 e. The van der Waals surface area contributed by atoms with E-state index in [0.29, 0.717) is 5.69 Å². The molecule has 0 atom stereocenters. The number of hydrogen-bond donors (Lipinski definition) is 1. The number of hydrogen-bond acceptors (Lipinski definition) is 3. The van der Waals surface area contributed by atoms with E-state index < -0.39 is 0 Å². The first-order chi connectivity index (χ1) is 7.45. The Morgan fingerprint density at radius 1 is 1.13 bits per heavy atom. The summed E-state index contributed by atoms with van der Waals surface area (Å²) in [5, 5.41) is 8.19. The van der Waals surface area contributed by atoms with Gasteiger partial charge in [-0.2, -0.15) is 5.10 Å². The molecule has 0 unspecified atom stereocenters. The molecule has 0 aliphatic rings. The van der Waals surface area contributed by atoms with E-state index in [9.17, 15) is 0 Å². The molecule has 3 rings (SSSR count). The summed E-state index contributed by atoms with van der Waals surface area (Å²) in [6, 6.07) is 7.90. The van der Waals surface area contributed by atoms with Crippen LogP contribution in [-0.4, -0.2) is 20.2 Å². The third kappa shape index (κ3) is 1.27. The topological polar surface area (TPSA) is 54.5 Å². The van der Waals surface area contributed by atoms with E-state index in [0.717, 1.165) is 16.6 Å². The number of aromatic nitrogens is 4. The molecule has 71 valence electrons. The SMILES string of the molecule is [c]1nccnc1-c1n[nH]c2ccccc12. The number of nitrogens with zero attached hydrogens (tertiary/aromatic N) is 3. The van der Waals surface area contributed by atoms with E-state index in [1.165, 1.54) is 0 Å². The molecule has 0 aliphatic heterocycles. The quantitative estimate of drug-likeness (QED) is 0.644. The Bertz CT molecular complexity index is 586. The summed E-state index contributed by atoms with van der Waals surface area (Å²) in [7, 11) is 0. The van der Waals surface area contributed by atoms with E-state index in [1.807, 2.05) is 24.3 Å². The Hall–Kier alpha value is -2.23. The van der Waals surface area contributed by atoms with Crippen LogP contribution in [-0.2, 0) is 0 Å². The Morgan fingerprint density at radius 2 is 2.07 bits per heavy atom. The summed E-state index contributed by atoms with van der Waals surface area (Å²) in [6.45, 7) is 0. The first-order valence-corrected chi connectivity index (χ1v) is 4.57. The van der Waals surface area contributed by atoms with Crippen molar-refractivity contribution in [3.05, 3.63) is 42.9 Å². The number of fused-ring (bicyclic) bond motifs is 1. The highest BCUT2D eigenvalue weighted by molar-refractivity contribution is 5.91. The molecule has 1 aromatic carbocycles. The number of aromatic amines is 1. The molecule has 15 heavy (non-hydrogen) atoms. The lowest BCUT2D eigenvalue weighted by Crippen LogP contribution is -1.85. The van der Waals surface area contributed by atoms with Crippen LogP contribution in [0.2, 0.25) is 0 Å². The van der Waals surface area contributed by atoms with Gasteiger partial charge < -0.3 is 0 Å². The van der Waals surface area contributed by atoms with Crippen LogP contribution in [0.4, 0.5) is 0 Å². The second-order valence-electron chi connectivity index (χ2n) is 3.13. The van der Waals surface area contributed by atoms with Crippen molar-refractivity contribution in [3.63, 3.8) is 0 Å². The van der Waals surface area contributed by atoms with Crippen LogP contribution in [0.5, 0.6) is 0 Å². The van der Waals surface area contributed by atoms with Gasteiger partial charge in [-0.05, 0) is 6.07 Å². The maximum atomic E-state index is 4.21. The van der Waals surface area contributed by atoms with E-state index >= 15 is 0 Å². The van der Waals surface area contributed by atoms with Gasteiger partial charge in [0.15, 0.2) is 0 Å². The molecule has 1 N–H and O–H groups in total. The average Bonchev–Trinajstić information content (AvgIpc) is 2.74. The molecule has 4 nitrogen and oxygen atoms in total. The lowest BCUT2D eigenvalue weighted by molar-refractivity contribution is 1.10. The molecule has 1 radical (unpaired) electrons. The molecule has 0 amide bonds.